The van der Waals surface area contributed by atoms with Gasteiger partial charge in [0.2, 0.25) is 0 Å². The Morgan fingerprint density at radius 3 is 3.08 bits per heavy atom. The molecule has 0 aliphatic heterocycles. The minimum absolute atomic E-state index is 0.543. The number of halogens is 1. The van der Waals surface area contributed by atoms with Crippen LogP contribution in [-0.2, 0) is 0 Å². The van der Waals surface area contributed by atoms with Crippen LogP contribution in [0.1, 0.15) is 0 Å². The molecule has 60 valence electrons. The van der Waals surface area contributed by atoms with Gasteiger partial charge in [0.1, 0.15) is 5.82 Å². The number of aromatic nitrogens is 2. The number of hydrogen-bond donors (Lipinski definition) is 1. The molecule has 2 aromatic heterocycles. The van der Waals surface area contributed by atoms with Crippen LogP contribution in [0.15, 0.2) is 24.4 Å². The number of rotatable bonds is 0. The van der Waals surface area contributed by atoms with Crippen molar-refractivity contribution in [3.05, 3.63) is 28.0 Å². The second-order valence-electron chi connectivity index (χ2n) is 2.41. The Bertz CT molecular complexity index is 387. The Morgan fingerprint density at radius 1 is 1.42 bits per heavy atom. The molecule has 0 bridgehead atoms. The average Bonchev–Trinajstić information content (AvgIpc) is 2.07. The summed E-state index contributed by atoms with van der Waals surface area (Å²) in [7, 11) is 0. The van der Waals surface area contributed by atoms with Crippen LogP contribution in [-0.4, -0.2) is 9.97 Å². The molecule has 0 radical (unpaired) electrons. The van der Waals surface area contributed by atoms with Crippen LogP contribution in [0.2, 0.25) is 0 Å². The van der Waals surface area contributed by atoms with Crippen LogP contribution < -0.4 is 5.73 Å². The molecule has 0 aliphatic carbocycles. The average molecular weight is 271 g/mol. The molecule has 0 spiro atoms. The van der Waals surface area contributed by atoms with Gasteiger partial charge in [0.05, 0.1) is 3.57 Å². The highest BCUT2D eigenvalue weighted by molar-refractivity contribution is 14.1. The molecule has 0 aliphatic rings. The first kappa shape index (κ1) is 7.72. The zero-order valence-corrected chi connectivity index (χ0v) is 8.32. The van der Waals surface area contributed by atoms with Gasteiger partial charge in [0.15, 0.2) is 5.65 Å². The fourth-order valence-corrected chi connectivity index (χ4v) is 1.45. The third-order valence-electron chi connectivity index (χ3n) is 1.57. The van der Waals surface area contributed by atoms with Crippen molar-refractivity contribution >= 4 is 39.4 Å². The maximum Gasteiger partial charge on any atom is 0.161 e. The zero-order chi connectivity index (χ0) is 8.55. The summed E-state index contributed by atoms with van der Waals surface area (Å²) in [4.78, 5) is 8.22. The van der Waals surface area contributed by atoms with E-state index in [1.165, 1.54) is 0 Å². The molecule has 0 aromatic carbocycles. The van der Waals surface area contributed by atoms with Crippen molar-refractivity contribution in [2.75, 3.05) is 5.73 Å². The van der Waals surface area contributed by atoms with Crippen LogP contribution in [0.3, 0.4) is 0 Å². The normalized spacial score (nSPS) is 10.4. The second-order valence-corrected chi connectivity index (χ2v) is 3.57. The van der Waals surface area contributed by atoms with E-state index >= 15 is 0 Å². The lowest BCUT2D eigenvalue weighted by atomic mass is 10.3. The lowest BCUT2D eigenvalue weighted by Gasteiger charge is -1.99. The number of hydrogen-bond acceptors (Lipinski definition) is 3. The molecular weight excluding hydrogens is 265 g/mol. The SMILES string of the molecule is Nc1nc2ncccc2cc1I. The van der Waals surface area contributed by atoms with E-state index in [1.807, 2.05) is 18.2 Å². The molecule has 2 N–H and O–H groups in total. The highest BCUT2D eigenvalue weighted by Crippen LogP contribution is 2.17. The first-order valence-electron chi connectivity index (χ1n) is 3.44. The van der Waals surface area contributed by atoms with Gasteiger partial charge in [-0.05, 0) is 40.8 Å². The van der Waals surface area contributed by atoms with Crippen LogP contribution in [0.4, 0.5) is 5.82 Å². The quantitative estimate of drug-likeness (QED) is 0.743. The monoisotopic (exact) mass is 271 g/mol. The van der Waals surface area contributed by atoms with Crippen LogP contribution in [0.25, 0.3) is 11.0 Å². The van der Waals surface area contributed by atoms with Crippen LogP contribution in [0.5, 0.6) is 0 Å². The van der Waals surface area contributed by atoms with E-state index in [0.717, 1.165) is 8.96 Å². The largest absolute Gasteiger partial charge is 0.383 e. The Morgan fingerprint density at radius 2 is 2.25 bits per heavy atom. The van der Waals surface area contributed by atoms with Crippen molar-refractivity contribution in [1.82, 2.24) is 9.97 Å². The summed E-state index contributed by atoms with van der Waals surface area (Å²) < 4.78 is 0.966. The van der Waals surface area contributed by atoms with Crippen molar-refractivity contribution in [3.8, 4) is 0 Å². The van der Waals surface area contributed by atoms with Gasteiger partial charge in [0, 0.05) is 11.6 Å². The zero-order valence-electron chi connectivity index (χ0n) is 6.16. The van der Waals surface area contributed by atoms with Gasteiger partial charge in [-0.25, -0.2) is 9.97 Å². The Kier molecular flexibility index (Phi) is 1.84. The van der Waals surface area contributed by atoms with Crippen LogP contribution >= 0.6 is 22.6 Å². The standard InChI is InChI=1S/C8H6IN3/c9-6-4-5-2-1-3-11-8(5)12-7(6)10/h1-4H,(H2,10,11,12). The van der Waals surface area contributed by atoms with E-state index in [1.54, 1.807) is 6.20 Å². The van der Waals surface area contributed by atoms with Crippen molar-refractivity contribution in [2.45, 2.75) is 0 Å². The first-order chi connectivity index (χ1) is 5.77. The lowest BCUT2D eigenvalue weighted by Crippen LogP contribution is -1.95. The maximum absolute atomic E-state index is 5.63. The smallest absolute Gasteiger partial charge is 0.161 e. The lowest BCUT2D eigenvalue weighted by molar-refractivity contribution is 1.28. The summed E-state index contributed by atoms with van der Waals surface area (Å²) in [6, 6.07) is 5.83. The Labute approximate surface area is 83.2 Å². The minimum atomic E-state index is 0.543. The van der Waals surface area contributed by atoms with E-state index < -0.39 is 0 Å². The third kappa shape index (κ3) is 1.22. The van der Waals surface area contributed by atoms with E-state index in [4.69, 9.17) is 5.73 Å². The number of fused-ring (bicyclic) bond motifs is 1. The first-order valence-corrected chi connectivity index (χ1v) is 4.52. The molecule has 2 rings (SSSR count). The molecule has 0 saturated carbocycles. The number of anilines is 1. The molecule has 3 nitrogen and oxygen atoms in total. The molecule has 0 unspecified atom stereocenters. The number of nitrogen functional groups attached to an aromatic ring is 1. The van der Waals surface area contributed by atoms with E-state index in [-0.39, 0.29) is 0 Å². The van der Waals surface area contributed by atoms with Gasteiger partial charge in [-0.3, -0.25) is 0 Å². The van der Waals surface area contributed by atoms with Gasteiger partial charge in [0.25, 0.3) is 0 Å². The molecular formula is C8H6IN3. The third-order valence-corrected chi connectivity index (χ3v) is 2.43. The summed E-state index contributed by atoms with van der Waals surface area (Å²) >= 11 is 2.16. The molecule has 4 heteroatoms. The minimum Gasteiger partial charge on any atom is -0.383 e. The Hall–Kier alpha value is -0.910. The molecule has 12 heavy (non-hydrogen) atoms. The molecule has 0 atom stereocenters. The molecule has 0 amide bonds. The van der Waals surface area contributed by atoms with Crippen LogP contribution in [0, 0.1) is 3.57 Å². The summed E-state index contributed by atoms with van der Waals surface area (Å²) in [5.41, 5.74) is 6.33. The van der Waals surface area contributed by atoms with Gasteiger partial charge < -0.3 is 5.73 Å². The second kappa shape index (κ2) is 2.85. The summed E-state index contributed by atoms with van der Waals surface area (Å²) in [5.74, 6) is 0.543. The molecule has 0 fully saturated rings. The molecule has 2 aromatic rings. The molecule has 2 heterocycles. The van der Waals surface area contributed by atoms with Gasteiger partial charge >= 0.3 is 0 Å². The van der Waals surface area contributed by atoms with Gasteiger partial charge in [-0.2, -0.15) is 0 Å². The van der Waals surface area contributed by atoms with Gasteiger partial charge in [-0.1, -0.05) is 0 Å². The Balaban J connectivity index is 2.84. The summed E-state index contributed by atoms with van der Waals surface area (Å²) in [6.07, 6.45) is 1.71. The predicted octanol–water partition coefficient (Wildman–Crippen LogP) is 1.82. The van der Waals surface area contributed by atoms with E-state index in [0.29, 0.717) is 11.5 Å². The fraction of sp³-hybridized carbons (Fsp3) is 0. The van der Waals surface area contributed by atoms with E-state index in [2.05, 4.69) is 32.6 Å². The van der Waals surface area contributed by atoms with Crippen molar-refractivity contribution in [1.29, 1.82) is 0 Å². The van der Waals surface area contributed by atoms with Gasteiger partial charge in [-0.15, -0.1) is 0 Å². The predicted molar refractivity (Wildman–Crippen MR) is 56.7 cm³/mol. The van der Waals surface area contributed by atoms with Crippen molar-refractivity contribution in [2.24, 2.45) is 0 Å². The highest BCUT2D eigenvalue weighted by atomic mass is 127. The summed E-state index contributed by atoms with van der Waals surface area (Å²) in [5, 5.41) is 1.02. The number of nitrogens with zero attached hydrogens (tertiary/aromatic N) is 2. The number of pyridine rings is 2. The van der Waals surface area contributed by atoms with E-state index in [9.17, 15) is 0 Å². The molecule has 0 saturated heterocycles. The highest BCUT2D eigenvalue weighted by Gasteiger charge is 1.99. The topological polar surface area (TPSA) is 51.8 Å². The maximum atomic E-state index is 5.63. The van der Waals surface area contributed by atoms with Crippen molar-refractivity contribution in [3.63, 3.8) is 0 Å². The number of nitrogens with two attached hydrogens (primary N) is 1. The summed E-state index contributed by atoms with van der Waals surface area (Å²) in [6.45, 7) is 0. The van der Waals surface area contributed by atoms with Crippen molar-refractivity contribution < 1.29 is 0 Å². The fourth-order valence-electron chi connectivity index (χ4n) is 0.993.